The lowest BCUT2D eigenvalue weighted by Crippen LogP contribution is -2.47. The molecular weight excluding hydrogens is 233 g/mol. The molecule has 1 aliphatic heterocycles. The quantitative estimate of drug-likeness (QED) is 0.815. The van der Waals surface area contributed by atoms with Crippen LogP contribution in [0.3, 0.4) is 0 Å². The van der Waals surface area contributed by atoms with Crippen LogP contribution in [0.5, 0.6) is 0 Å². The summed E-state index contributed by atoms with van der Waals surface area (Å²) < 4.78 is 13.9. The highest BCUT2D eigenvalue weighted by molar-refractivity contribution is 5.49. The maximum absolute atomic E-state index is 13.9. The molecule has 0 spiro atoms. The number of β-amino-alcohol motifs (C(OH)–C–C–N with tert-alkyl or cyclic N) is 1. The number of halogens is 1. The van der Waals surface area contributed by atoms with Crippen LogP contribution in [0.1, 0.15) is 5.56 Å². The molecule has 0 bridgehead atoms. The highest BCUT2D eigenvalue weighted by Gasteiger charge is 2.18. The minimum Gasteiger partial charge on any atom is -0.395 e. The van der Waals surface area contributed by atoms with Crippen molar-refractivity contribution in [2.75, 3.05) is 44.2 Å². The molecule has 0 amide bonds. The first-order chi connectivity index (χ1) is 8.74. The van der Waals surface area contributed by atoms with E-state index in [1.54, 1.807) is 6.07 Å². The van der Waals surface area contributed by atoms with E-state index in [9.17, 15) is 4.39 Å². The van der Waals surface area contributed by atoms with Gasteiger partial charge in [0, 0.05) is 39.3 Å². The zero-order valence-electron chi connectivity index (χ0n) is 10.5. The molecule has 2 rings (SSSR count). The molecule has 18 heavy (non-hydrogen) atoms. The van der Waals surface area contributed by atoms with Crippen molar-refractivity contribution < 1.29 is 9.50 Å². The molecule has 5 heteroatoms. The third-order valence-corrected chi connectivity index (χ3v) is 3.38. The average Bonchev–Trinajstić information content (AvgIpc) is 2.40. The van der Waals surface area contributed by atoms with Crippen LogP contribution in [0.4, 0.5) is 10.1 Å². The van der Waals surface area contributed by atoms with E-state index in [2.05, 4.69) is 4.90 Å². The molecule has 1 saturated heterocycles. The van der Waals surface area contributed by atoms with E-state index in [0.717, 1.165) is 31.7 Å². The van der Waals surface area contributed by atoms with Crippen LogP contribution < -0.4 is 10.6 Å². The summed E-state index contributed by atoms with van der Waals surface area (Å²) in [6.45, 7) is 4.54. The Balaban J connectivity index is 2.01. The predicted octanol–water partition coefficient (Wildman–Crippen LogP) is 0.399. The molecule has 3 N–H and O–H groups in total. The molecule has 1 aliphatic rings. The summed E-state index contributed by atoms with van der Waals surface area (Å²) in [7, 11) is 0. The largest absolute Gasteiger partial charge is 0.395 e. The van der Waals surface area contributed by atoms with E-state index in [1.165, 1.54) is 6.07 Å². The highest BCUT2D eigenvalue weighted by Crippen LogP contribution is 2.21. The smallest absolute Gasteiger partial charge is 0.146 e. The second-order valence-corrected chi connectivity index (χ2v) is 4.54. The fourth-order valence-corrected chi connectivity index (χ4v) is 2.29. The van der Waals surface area contributed by atoms with Crippen LogP contribution in [-0.2, 0) is 6.54 Å². The van der Waals surface area contributed by atoms with Crippen LogP contribution in [0.15, 0.2) is 18.2 Å². The van der Waals surface area contributed by atoms with Gasteiger partial charge in [-0.2, -0.15) is 0 Å². The third kappa shape index (κ3) is 2.98. The minimum atomic E-state index is -0.200. The fourth-order valence-electron chi connectivity index (χ4n) is 2.29. The first-order valence-electron chi connectivity index (χ1n) is 6.31. The molecule has 0 saturated carbocycles. The number of nitrogens with zero attached hydrogens (tertiary/aromatic N) is 2. The van der Waals surface area contributed by atoms with E-state index < -0.39 is 0 Å². The van der Waals surface area contributed by atoms with Gasteiger partial charge in [0.15, 0.2) is 0 Å². The molecule has 1 heterocycles. The Morgan fingerprint density at radius 1 is 1.22 bits per heavy atom. The predicted molar refractivity (Wildman–Crippen MR) is 70.0 cm³/mol. The topological polar surface area (TPSA) is 52.7 Å². The minimum absolute atomic E-state index is 0.180. The number of anilines is 1. The lowest BCUT2D eigenvalue weighted by Gasteiger charge is -2.36. The number of aliphatic hydroxyl groups excluding tert-OH is 1. The Morgan fingerprint density at radius 2 is 1.94 bits per heavy atom. The van der Waals surface area contributed by atoms with Gasteiger partial charge in [0.25, 0.3) is 0 Å². The Bertz CT molecular complexity index is 392. The summed E-state index contributed by atoms with van der Waals surface area (Å²) in [5, 5.41) is 8.88. The Labute approximate surface area is 107 Å². The lowest BCUT2D eigenvalue weighted by atomic mass is 10.1. The zero-order chi connectivity index (χ0) is 13.0. The summed E-state index contributed by atoms with van der Waals surface area (Å²) in [4.78, 5) is 4.23. The second kappa shape index (κ2) is 6.13. The fraction of sp³-hybridized carbons (Fsp3) is 0.538. The van der Waals surface area contributed by atoms with Gasteiger partial charge >= 0.3 is 0 Å². The zero-order valence-corrected chi connectivity index (χ0v) is 10.5. The summed E-state index contributed by atoms with van der Waals surface area (Å²) in [6, 6.07) is 5.19. The van der Waals surface area contributed by atoms with E-state index in [1.807, 2.05) is 11.0 Å². The van der Waals surface area contributed by atoms with Crippen molar-refractivity contribution in [1.82, 2.24) is 4.90 Å². The van der Waals surface area contributed by atoms with Crippen molar-refractivity contribution in [3.63, 3.8) is 0 Å². The molecule has 0 aromatic heterocycles. The van der Waals surface area contributed by atoms with Gasteiger partial charge in [0.05, 0.1) is 12.3 Å². The molecule has 0 unspecified atom stereocenters. The molecule has 1 aromatic carbocycles. The van der Waals surface area contributed by atoms with E-state index in [0.29, 0.717) is 18.8 Å². The molecule has 0 radical (unpaired) electrons. The maximum Gasteiger partial charge on any atom is 0.146 e. The molecule has 0 aliphatic carbocycles. The lowest BCUT2D eigenvalue weighted by molar-refractivity contribution is 0.188. The number of nitrogens with two attached hydrogens (primary N) is 1. The summed E-state index contributed by atoms with van der Waals surface area (Å²) in [5.74, 6) is -0.200. The van der Waals surface area contributed by atoms with Crippen LogP contribution in [-0.4, -0.2) is 49.3 Å². The first-order valence-corrected chi connectivity index (χ1v) is 6.31. The molecule has 1 fully saturated rings. The van der Waals surface area contributed by atoms with Gasteiger partial charge in [-0.15, -0.1) is 0 Å². The van der Waals surface area contributed by atoms with E-state index >= 15 is 0 Å². The first kappa shape index (κ1) is 13.3. The normalized spacial score (nSPS) is 17.2. The van der Waals surface area contributed by atoms with E-state index in [-0.39, 0.29) is 12.4 Å². The number of rotatable bonds is 4. The van der Waals surface area contributed by atoms with Crippen molar-refractivity contribution in [2.45, 2.75) is 6.54 Å². The second-order valence-electron chi connectivity index (χ2n) is 4.54. The Kier molecular flexibility index (Phi) is 4.52. The molecule has 0 atom stereocenters. The molecule has 100 valence electrons. The number of aliphatic hydroxyl groups is 1. The number of hydrogen-bond donors (Lipinski definition) is 2. The summed E-state index contributed by atoms with van der Waals surface area (Å²) in [6.07, 6.45) is 0. The van der Waals surface area contributed by atoms with Crippen LogP contribution in [0, 0.1) is 5.82 Å². The summed E-state index contributed by atoms with van der Waals surface area (Å²) >= 11 is 0. The van der Waals surface area contributed by atoms with Gasteiger partial charge in [0.1, 0.15) is 5.82 Å². The van der Waals surface area contributed by atoms with Crippen LogP contribution in [0.2, 0.25) is 0 Å². The number of benzene rings is 1. The molecule has 1 aromatic rings. The molecular formula is C13H20FN3O. The number of hydrogen-bond acceptors (Lipinski definition) is 4. The van der Waals surface area contributed by atoms with E-state index in [4.69, 9.17) is 10.8 Å². The average molecular weight is 253 g/mol. The standard InChI is InChI=1S/C13H20FN3O/c14-12-9-11(10-15)1-2-13(12)17-5-3-16(4-6-17)7-8-18/h1-2,9,18H,3-8,10,15H2. The maximum atomic E-state index is 13.9. The van der Waals surface area contributed by atoms with Gasteiger partial charge in [-0.25, -0.2) is 4.39 Å². The van der Waals surface area contributed by atoms with Gasteiger partial charge in [-0.3, -0.25) is 4.90 Å². The molecule has 4 nitrogen and oxygen atoms in total. The van der Waals surface area contributed by atoms with Gasteiger partial charge < -0.3 is 15.7 Å². The van der Waals surface area contributed by atoms with Crippen LogP contribution in [0.25, 0.3) is 0 Å². The Hall–Kier alpha value is -1.17. The van der Waals surface area contributed by atoms with Crippen molar-refractivity contribution in [3.8, 4) is 0 Å². The highest BCUT2D eigenvalue weighted by atomic mass is 19.1. The van der Waals surface area contributed by atoms with Gasteiger partial charge in [0.2, 0.25) is 0 Å². The van der Waals surface area contributed by atoms with Crippen LogP contribution >= 0.6 is 0 Å². The monoisotopic (exact) mass is 253 g/mol. The van der Waals surface area contributed by atoms with Gasteiger partial charge in [-0.1, -0.05) is 6.07 Å². The SMILES string of the molecule is NCc1ccc(N2CCN(CCO)CC2)c(F)c1. The Morgan fingerprint density at radius 3 is 2.50 bits per heavy atom. The number of piperazine rings is 1. The van der Waals surface area contributed by atoms with Crippen molar-refractivity contribution in [2.24, 2.45) is 5.73 Å². The van der Waals surface area contributed by atoms with Crippen molar-refractivity contribution in [1.29, 1.82) is 0 Å². The van der Waals surface area contributed by atoms with Gasteiger partial charge in [-0.05, 0) is 17.7 Å². The summed E-state index contributed by atoms with van der Waals surface area (Å²) in [5.41, 5.74) is 6.95. The van der Waals surface area contributed by atoms with Crippen molar-refractivity contribution >= 4 is 5.69 Å². The van der Waals surface area contributed by atoms with Crippen molar-refractivity contribution in [3.05, 3.63) is 29.6 Å². The third-order valence-electron chi connectivity index (χ3n) is 3.38.